The largest absolute Gasteiger partial charge is 0.392 e. The zero-order valence-corrected chi connectivity index (χ0v) is 11.1. The molecule has 18 heavy (non-hydrogen) atoms. The minimum Gasteiger partial charge on any atom is -0.392 e. The summed E-state index contributed by atoms with van der Waals surface area (Å²) >= 11 is 0. The Labute approximate surface area is 108 Å². The number of hydrogen-bond donors (Lipinski definition) is 2. The Kier molecular flexibility index (Phi) is 4.16. The molecule has 2 atom stereocenters. The van der Waals surface area contributed by atoms with Crippen molar-refractivity contribution in [2.24, 2.45) is 0 Å². The standard InChI is InChI=1S/C13H22N4O/c1-16(2)8-11-6-12(18)9-17(11)7-10-4-3-5-15-13(10)14/h3-5,11-12,18H,6-9H2,1-2H3,(H2,14,15). The number of aliphatic hydroxyl groups is 1. The maximum absolute atomic E-state index is 9.82. The van der Waals surface area contributed by atoms with Gasteiger partial charge in [0.15, 0.2) is 0 Å². The van der Waals surface area contributed by atoms with Crippen LogP contribution in [0.5, 0.6) is 0 Å². The number of likely N-dealkylation sites (tertiary alicyclic amines) is 1. The van der Waals surface area contributed by atoms with Crippen LogP contribution in [-0.2, 0) is 6.54 Å². The number of aliphatic hydroxyl groups excluding tert-OH is 1. The van der Waals surface area contributed by atoms with Crippen LogP contribution in [0.2, 0.25) is 0 Å². The van der Waals surface area contributed by atoms with Gasteiger partial charge in [0.1, 0.15) is 5.82 Å². The van der Waals surface area contributed by atoms with E-state index in [1.54, 1.807) is 6.20 Å². The van der Waals surface area contributed by atoms with Crippen LogP contribution in [0.1, 0.15) is 12.0 Å². The SMILES string of the molecule is CN(C)CC1CC(O)CN1Cc1cccnc1N. The van der Waals surface area contributed by atoms with Crippen molar-refractivity contribution in [1.29, 1.82) is 0 Å². The molecule has 1 aliphatic heterocycles. The van der Waals surface area contributed by atoms with Crippen LogP contribution in [0.25, 0.3) is 0 Å². The van der Waals surface area contributed by atoms with E-state index in [0.29, 0.717) is 18.4 Å². The first kappa shape index (κ1) is 13.3. The molecule has 3 N–H and O–H groups in total. The van der Waals surface area contributed by atoms with E-state index in [-0.39, 0.29) is 6.10 Å². The topological polar surface area (TPSA) is 65.6 Å². The van der Waals surface area contributed by atoms with Crippen molar-refractivity contribution in [2.75, 3.05) is 32.9 Å². The van der Waals surface area contributed by atoms with Gasteiger partial charge in [0.25, 0.3) is 0 Å². The summed E-state index contributed by atoms with van der Waals surface area (Å²) in [7, 11) is 4.11. The molecule has 0 bridgehead atoms. The van der Waals surface area contributed by atoms with Gasteiger partial charge < -0.3 is 15.7 Å². The molecule has 100 valence electrons. The van der Waals surface area contributed by atoms with Gasteiger partial charge in [-0.2, -0.15) is 0 Å². The summed E-state index contributed by atoms with van der Waals surface area (Å²) in [5.74, 6) is 0.586. The van der Waals surface area contributed by atoms with Crippen LogP contribution >= 0.6 is 0 Å². The fourth-order valence-corrected chi connectivity index (χ4v) is 2.57. The van der Waals surface area contributed by atoms with E-state index in [0.717, 1.165) is 25.1 Å². The highest BCUT2D eigenvalue weighted by atomic mass is 16.3. The van der Waals surface area contributed by atoms with Crippen LogP contribution in [0.4, 0.5) is 5.82 Å². The molecule has 0 amide bonds. The van der Waals surface area contributed by atoms with Crippen molar-refractivity contribution in [3.63, 3.8) is 0 Å². The summed E-state index contributed by atoms with van der Waals surface area (Å²) < 4.78 is 0. The molecule has 5 heteroatoms. The zero-order chi connectivity index (χ0) is 13.1. The number of rotatable bonds is 4. The van der Waals surface area contributed by atoms with Crippen molar-refractivity contribution in [1.82, 2.24) is 14.8 Å². The van der Waals surface area contributed by atoms with Crippen molar-refractivity contribution in [3.8, 4) is 0 Å². The van der Waals surface area contributed by atoms with Crippen LogP contribution in [-0.4, -0.2) is 59.2 Å². The minimum atomic E-state index is -0.229. The normalized spacial score (nSPS) is 24.9. The lowest BCUT2D eigenvalue weighted by Crippen LogP contribution is -2.37. The monoisotopic (exact) mass is 250 g/mol. The van der Waals surface area contributed by atoms with Gasteiger partial charge in [0, 0.05) is 37.4 Å². The molecule has 0 radical (unpaired) electrons. The third kappa shape index (κ3) is 3.19. The first-order valence-electron chi connectivity index (χ1n) is 6.32. The lowest BCUT2D eigenvalue weighted by atomic mass is 10.2. The summed E-state index contributed by atoms with van der Waals surface area (Å²) in [5.41, 5.74) is 6.91. The van der Waals surface area contributed by atoms with E-state index < -0.39 is 0 Å². The quantitative estimate of drug-likeness (QED) is 0.797. The molecular weight excluding hydrogens is 228 g/mol. The fraction of sp³-hybridized carbons (Fsp3) is 0.615. The van der Waals surface area contributed by atoms with E-state index in [1.165, 1.54) is 0 Å². The van der Waals surface area contributed by atoms with Gasteiger partial charge in [-0.3, -0.25) is 4.90 Å². The van der Waals surface area contributed by atoms with Crippen LogP contribution < -0.4 is 5.73 Å². The van der Waals surface area contributed by atoms with Crippen molar-refractivity contribution < 1.29 is 5.11 Å². The first-order valence-corrected chi connectivity index (χ1v) is 6.32. The third-order valence-corrected chi connectivity index (χ3v) is 3.38. The highest BCUT2D eigenvalue weighted by Gasteiger charge is 2.31. The highest BCUT2D eigenvalue weighted by molar-refractivity contribution is 5.38. The Morgan fingerprint density at radius 2 is 2.33 bits per heavy atom. The van der Waals surface area contributed by atoms with Gasteiger partial charge in [-0.15, -0.1) is 0 Å². The van der Waals surface area contributed by atoms with E-state index in [4.69, 9.17) is 5.73 Å². The lowest BCUT2D eigenvalue weighted by Gasteiger charge is -2.26. The first-order chi connectivity index (χ1) is 8.56. The summed E-state index contributed by atoms with van der Waals surface area (Å²) in [6.45, 7) is 2.43. The Balaban J connectivity index is 2.05. The van der Waals surface area contributed by atoms with Gasteiger partial charge in [0.2, 0.25) is 0 Å². The summed E-state index contributed by atoms with van der Waals surface area (Å²) in [6, 6.07) is 4.29. The highest BCUT2D eigenvalue weighted by Crippen LogP contribution is 2.22. The molecular formula is C13H22N4O. The molecule has 1 saturated heterocycles. The predicted molar refractivity (Wildman–Crippen MR) is 72.0 cm³/mol. The van der Waals surface area contributed by atoms with E-state index >= 15 is 0 Å². The fourth-order valence-electron chi connectivity index (χ4n) is 2.57. The molecule has 1 aromatic rings. The maximum Gasteiger partial charge on any atom is 0.127 e. The van der Waals surface area contributed by atoms with Gasteiger partial charge in [-0.05, 0) is 26.6 Å². The summed E-state index contributed by atoms with van der Waals surface area (Å²) in [4.78, 5) is 8.55. The number of nitrogen functional groups attached to an aromatic ring is 1. The summed E-state index contributed by atoms with van der Waals surface area (Å²) in [5, 5.41) is 9.82. The van der Waals surface area contributed by atoms with E-state index in [2.05, 4.69) is 28.9 Å². The number of β-amino-alcohol motifs (C(OH)–C–C–N with tert-alkyl or cyclic N) is 1. The second-order valence-electron chi connectivity index (χ2n) is 5.28. The van der Waals surface area contributed by atoms with Crippen LogP contribution in [0, 0.1) is 0 Å². The van der Waals surface area contributed by atoms with Gasteiger partial charge in [0.05, 0.1) is 6.10 Å². The minimum absolute atomic E-state index is 0.229. The molecule has 5 nitrogen and oxygen atoms in total. The van der Waals surface area contributed by atoms with Crippen LogP contribution in [0.3, 0.4) is 0 Å². The van der Waals surface area contributed by atoms with E-state index in [9.17, 15) is 5.11 Å². The number of nitrogens with two attached hydrogens (primary N) is 1. The van der Waals surface area contributed by atoms with Crippen LogP contribution in [0.15, 0.2) is 18.3 Å². The molecule has 2 rings (SSSR count). The Hall–Kier alpha value is -1.17. The zero-order valence-electron chi connectivity index (χ0n) is 11.1. The molecule has 0 aliphatic carbocycles. The molecule has 1 aromatic heterocycles. The molecule has 0 spiro atoms. The van der Waals surface area contributed by atoms with Crippen molar-refractivity contribution >= 4 is 5.82 Å². The summed E-state index contributed by atoms with van der Waals surface area (Å²) in [6.07, 6.45) is 2.31. The van der Waals surface area contributed by atoms with Gasteiger partial charge in [-0.1, -0.05) is 6.07 Å². The van der Waals surface area contributed by atoms with Gasteiger partial charge >= 0.3 is 0 Å². The Morgan fingerprint density at radius 3 is 3.00 bits per heavy atom. The molecule has 1 aliphatic rings. The Morgan fingerprint density at radius 1 is 1.56 bits per heavy atom. The predicted octanol–water partition coefficient (Wildman–Crippen LogP) is 0.161. The average Bonchev–Trinajstić information content (AvgIpc) is 2.61. The molecule has 0 saturated carbocycles. The van der Waals surface area contributed by atoms with E-state index in [1.807, 2.05) is 12.1 Å². The molecule has 2 heterocycles. The number of pyridine rings is 1. The molecule has 1 fully saturated rings. The second kappa shape index (κ2) is 5.65. The maximum atomic E-state index is 9.82. The van der Waals surface area contributed by atoms with Crippen molar-refractivity contribution in [3.05, 3.63) is 23.9 Å². The number of nitrogens with zero attached hydrogens (tertiary/aromatic N) is 3. The lowest BCUT2D eigenvalue weighted by molar-refractivity contribution is 0.169. The molecule has 0 aromatic carbocycles. The second-order valence-corrected chi connectivity index (χ2v) is 5.28. The smallest absolute Gasteiger partial charge is 0.127 e. The Bertz CT molecular complexity index is 396. The molecule has 2 unspecified atom stereocenters. The number of likely N-dealkylation sites (N-methyl/N-ethyl adjacent to an activating group) is 1. The average molecular weight is 250 g/mol. The van der Waals surface area contributed by atoms with Crippen molar-refractivity contribution in [2.45, 2.75) is 25.1 Å². The number of aromatic nitrogens is 1. The number of hydrogen-bond acceptors (Lipinski definition) is 5. The number of anilines is 1. The van der Waals surface area contributed by atoms with Gasteiger partial charge in [-0.25, -0.2) is 4.98 Å². The third-order valence-electron chi connectivity index (χ3n) is 3.38.